The first-order valence-electron chi connectivity index (χ1n) is 12.7. The number of benzene rings is 4. The molecular weight excluding hydrogens is 574 g/mol. The SMILES string of the molecule is O=C(c1ccccc1)[C@H]1[C@H](c2ccc(Br)cc2)C2(C(=O)c3ccccc3C2=O)C2C=Cc3cc(Cl)ccc3N21. The molecule has 0 bridgehead atoms. The predicted octanol–water partition coefficient (Wildman–Crippen LogP) is 7.42. The minimum absolute atomic E-state index is 0.141. The summed E-state index contributed by atoms with van der Waals surface area (Å²) >= 11 is 9.86. The maximum absolute atomic E-state index is 14.6. The average Bonchev–Trinajstić information content (AvgIpc) is 3.39. The van der Waals surface area contributed by atoms with Crippen LogP contribution in [0.5, 0.6) is 0 Å². The smallest absolute Gasteiger partial charge is 0.185 e. The van der Waals surface area contributed by atoms with Crippen LogP contribution in [-0.4, -0.2) is 29.4 Å². The van der Waals surface area contributed by atoms with Crippen molar-refractivity contribution in [2.75, 3.05) is 4.90 Å². The van der Waals surface area contributed by atoms with Crippen molar-refractivity contribution in [3.05, 3.63) is 140 Å². The Morgan fingerprint density at radius 3 is 2.13 bits per heavy atom. The number of carbonyl (C=O) groups excluding carboxylic acids is 3. The first kappa shape index (κ1) is 24.3. The molecule has 6 heteroatoms. The number of carbonyl (C=O) groups is 3. The monoisotopic (exact) mass is 593 g/mol. The van der Waals surface area contributed by atoms with Gasteiger partial charge in [0.05, 0.1) is 6.04 Å². The standard InChI is InChI=1S/C33H21BrClNO3/c34-22-13-10-19(11-14-22)28-29(30(37)20-6-2-1-3-7-20)36-26-16-15-23(35)18-21(26)12-17-27(36)33(28)31(38)24-8-4-5-9-25(24)32(33)39/h1-18,27-29H/t27?,28-,29+/m0/s1. The first-order valence-corrected chi connectivity index (χ1v) is 13.9. The quantitative estimate of drug-likeness (QED) is 0.183. The Morgan fingerprint density at radius 1 is 0.821 bits per heavy atom. The maximum Gasteiger partial charge on any atom is 0.185 e. The largest absolute Gasteiger partial charge is 0.352 e. The van der Waals surface area contributed by atoms with E-state index in [0.717, 1.165) is 21.3 Å². The van der Waals surface area contributed by atoms with Crippen LogP contribution in [0.15, 0.2) is 108 Å². The van der Waals surface area contributed by atoms with Crippen LogP contribution in [0.4, 0.5) is 5.69 Å². The second-order valence-corrected chi connectivity index (χ2v) is 11.5. The molecule has 1 saturated heterocycles. The Bertz CT molecular complexity index is 1680. The Morgan fingerprint density at radius 2 is 1.46 bits per heavy atom. The van der Waals surface area contributed by atoms with E-state index < -0.39 is 23.4 Å². The number of anilines is 1. The summed E-state index contributed by atoms with van der Waals surface area (Å²) < 4.78 is 0.870. The van der Waals surface area contributed by atoms with Crippen molar-refractivity contribution in [3.8, 4) is 0 Å². The maximum atomic E-state index is 14.6. The first-order chi connectivity index (χ1) is 18.9. The molecule has 3 aliphatic rings. The molecule has 1 spiro atoms. The molecule has 7 rings (SSSR count). The molecule has 4 aromatic carbocycles. The molecule has 1 unspecified atom stereocenters. The highest BCUT2D eigenvalue weighted by atomic mass is 79.9. The highest BCUT2D eigenvalue weighted by Gasteiger charge is 2.71. The number of rotatable bonds is 3. The Hall–Kier alpha value is -3.80. The number of nitrogens with zero attached hydrogens (tertiary/aromatic N) is 1. The molecule has 190 valence electrons. The molecule has 0 saturated carbocycles. The lowest BCUT2D eigenvalue weighted by atomic mass is 9.64. The fourth-order valence-electron chi connectivity index (χ4n) is 6.76. The van der Waals surface area contributed by atoms with Crippen molar-refractivity contribution in [1.82, 2.24) is 0 Å². The van der Waals surface area contributed by atoms with Crippen molar-refractivity contribution < 1.29 is 14.4 Å². The zero-order valence-electron chi connectivity index (χ0n) is 20.6. The fourth-order valence-corrected chi connectivity index (χ4v) is 7.21. The molecule has 4 nitrogen and oxygen atoms in total. The van der Waals surface area contributed by atoms with Gasteiger partial charge in [0.15, 0.2) is 17.3 Å². The molecular formula is C33H21BrClNO3. The van der Waals surface area contributed by atoms with E-state index in [1.54, 1.807) is 42.5 Å². The third-order valence-corrected chi connectivity index (χ3v) is 9.09. The van der Waals surface area contributed by atoms with Crippen molar-refractivity contribution in [2.24, 2.45) is 5.41 Å². The van der Waals surface area contributed by atoms with Gasteiger partial charge < -0.3 is 4.90 Å². The van der Waals surface area contributed by atoms with Gasteiger partial charge in [0.1, 0.15) is 11.5 Å². The number of hydrogen-bond donors (Lipinski definition) is 0. The van der Waals surface area contributed by atoms with Crippen LogP contribution in [-0.2, 0) is 0 Å². The molecule has 2 heterocycles. The van der Waals surface area contributed by atoms with Gasteiger partial charge in [-0.3, -0.25) is 14.4 Å². The van der Waals surface area contributed by atoms with Gasteiger partial charge in [0.25, 0.3) is 0 Å². The third kappa shape index (κ3) is 3.33. The van der Waals surface area contributed by atoms with Crippen LogP contribution in [0.2, 0.25) is 5.02 Å². The average molecular weight is 595 g/mol. The highest BCUT2D eigenvalue weighted by Crippen LogP contribution is 2.61. The van der Waals surface area contributed by atoms with Crippen LogP contribution >= 0.6 is 27.5 Å². The Kier molecular flexibility index (Phi) is 5.51. The van der Waals surface area contributed by atoms with E-state index in [2.05, 4.69) is 15.9 Å². The van der Waals surface area contributed by atoms with Crippen molar-refractivity contribution in [1.29, 1.82) is 0 Å². The van der Waals surface area contributed by atoms with E-state index in [1.165, 1.54) is 0 Å². The van der Waals surface area contributed by atoms with Gasteiger partial charge in [-0.2, -0.15) is 0 Å². The van der Waals surface area contributed by atoms with E-state index in [9.17, 15) is 14.4 Å². The summed E-state index contributed by atoms with van der Waals surface area (Å²) in [6, 6.07) is 27.8. The van der Waals surface area contributed by atoms with Gasteiger partial charge >= 0.3 is 0 Å². The summed E-state index contributed by atoms with van der Waals surface area (Å²) in [5, 5.41) is 0.571. The molecule has 3 atom stereocenters. The number of halogens is 2. The topological polar surface area (TPSA) is 54.5 Å². The number of Topliss-reactive ketones (excluding diaryl/α,β-unsaturated/α-hetero) is 3. The summed E-state index contributed by atoms with van der Waals surface area (Å²) in [5.74, 6) is -1.35. The third-order valence-electron chi connectivity index (χ3n) is 8.32. The number of hydrogen-bond acceptors (Lipinski definition) is 4. The van der Waals surface area contributed by atoms with Gasteiger partial charge in [0.2, 0.25) is 0 Å². The summed E-state index contributed by atoms with van der Waals surface area (Å²) in [7, 11) is 0. The van der Waals surface area contributed by atoms with Gasteiger partial charge in [-0.05, 0) is 41.5 Å². The lowest BCUT2D eigenvalue weighted by molar-refractivity contribution is 0.0666. The highest BCUT2D eigenvalue weighted by molar-refractivity contribution is 9.10. The summed E-state index contributed by atoms with van der Waals surface area (Å²) in [6.07, 6.45) is 3.83. The second kappa shape index (κ2) is 8.87. The molecule has 0 amide bonds. The zero-order valence-corrected chi connectivity index (χ0v) is 22.9. The molecule has 4 aromatic rings. The van der Waals surface area contributed by atoms with Crippen molar-refractivity contribution in [3.63, 3.8) is 0 Å². The minimum atomic E-state index is -1.51. The minimum Gasteiger partial charge on any atom is -0.352 e. The number of ketones is 3. The summed E-state index contributed by atoms with van der Waals surface area (Å²) in [5.41, 5.74) is 2.21. The molecule has 0 N–H and O–H groups in total. The van der Waals surface area contributed by atoms with Crippen LogP contribution < -0.4 is 4.90 Å². The summed E-state index contributed by atoms with van der Waals surface area (Å²) in [6.45, 7) is 0. The van der Waals surface area contributed by atoms with Gasteiger partial charge in [-0.25, -0.2) is 0 Å². The normalized spacial score (nSPS) is 22.1. The molecule has 0 radical (unpaired) electrons. The zero-order chi connectivity index (χ0) is 26.9. The predicted molar refractivity (Wildman–Crippen MR) is 156 cm³/mol. The van der Waals surface area contributed by atoms with E-state index in [-0.39, 0.29) is 17.3 Å². The van der Waals surface area contributed by atoms with Crippen molar-refractivity contribution in [2.45, 2.75) is 18.0 Å². The Balaban J connectivity index is 1.55. The fraction of sp³-hybridized carbons (Fsp3) is 0.121. The van der Waals surface area contributed by atoms with E-state index in [4.69, 9.17) is 11.6 Å². The van der Waals surface area contributed by atoms with Gasteiger partial charge in [0, 0.05) is 37.8 Å². The second-order valence-electron chi connectivity index (χ2n) is 10.2. The lowest BCUT2D eigenvalue weighted by Gasteiger charge is -2.37. The molecule has 1 aliphatic carbocycles. The lowest BCUT2D eigenvalue weighted by Crippen LogP contribution is -2.48. The van der Waals surface area contributed by atoms with Crippen LogP contribution in [0.3, 0.4) is 0 Å². The summed E-state index contributed by atoms with van der Waals surface area (Å²) in [4.78, 5) is 45.7. The molecule has 39 heavy (non-hydrogen) atoms. The van der Waals surface area contributed by atoms with Gasteiger partial charge in [-0.15, -0.1) is 0 Å². The van der Waals surface area contributed by atoms with Gasteiger partial charge in [-0.1, -0.05) is 106 Å². The van der Waals surface area contributed by atoms with E-state index in [0.29, 0.717) is 21.7 Å². The number of fused-ring (bicyclic) bond motifs is 5. The van der Waals surface area contributed by atoms with Crippen LogP contribution in [0.25, 0.3) is 6.08 Å². The van der Waals surface area contributed by atoms with E-state index >= 15 is 0 Å². The Labute approximate surface area is 239 Å². The van der Waals surface area contributed by atoms with Crippen molar-refractivity contribution >= 4 is 56.6 Å². The van der Waals surface area contributed by atoms with E-state index in [1.807, 2.05) is 71.6 Å². The molecule has 2 aliphatic heterocycles. The molecule has 1 fully saturated rings. The van der Waals surface area contributed by atoms with Crippen LogP contribution in [0, 0.1) is 5.41 Å². The van der Waals surface area contributed by atoms with Crippen LogP contribution in [0.1, 0.15) is 48.1 Å². The molecule has 0 aromatic heterocycles.